The van der Waals surface area contributed by atoms with Gasteiger partial charge in [0.1, 0.15) is 5.82 Å². The van der Waals surface area contributed by atoms with Crippen LogP contribution in [0.2, 0.25) is 5.02 Å². The predicted octanol–water partition coefficient (Wildman–Crippen LogP) is 1.38. The number of halogens is 1. The van der Waals surface area contributed by atoms with Gasteiger partial charge in [-0.25, -0.2) is 4.79 Å². The summed E-state index contributed by atoms with van der Waals surface area (Å²) < 4.78 is 1.30. The first-order valence-electron chi connectivity index (χ1n) is 11.5. The quantitative estimate of drug-likeness (QED) is 0.576. The number of piperazine rings is 1. The molecule has 0 saturated carbocycles. The van der Waals surface area contributed by atoms with E-state index in [1.165, 1.54) is 9.47 Å². The van der Waals surface area contributed by atoms with Gasteiger partial charge in [-0.3, -0.25) is 28.8 Å². The summed E-state index contributed by atoms with van der Waals surface area (Å²) in [5, 5.41) is 0.570. The van der Waals surface area contributed by atoms with E-state index in [1.54, 1.807) is 36.1 Å². The number of unbranched alkanes of at least 4 members (excludes halogenated alkanes) is 1. The smallest absolute Gasteiger partial charge is 0.330 e. The number of nitrogens with zero attached hydrogens (tertiary/aromatic N) is 4. The van der Waals surface area contributed by atoms with Crippen molar-refractivity contribution in [2.45, 2.75) is 33.2 Å². The van der Waals surface area contributed by atoms with E-state index in [4.69, 9.17) is 17.3 Å². The monoisotopic (exact) mass is 490 g/mol. The maximum atomic E-state index is 13.1. The van der Waals surface area contributed by atoms with Crippen molar-refractivity contribution >= 4 is 34.9 Å². The highest BCUT2D eigenvalue weighted by molar-refractivity contribution is 6.30. The summed E-state index contributed by atoms with van der Waals surface area (Å²) in [6.07, 6.45) is 1.57. The number of likely N-dealkylation sites (N-methyl/N-ethyl adjacent to an activating group) is 1. The van der Waals surface area contributed by atoms with Crippen LogP contribution >= 0.6 is 11.6 Å². The lowest BCUT2D eigenvalue weighted by atomic mass is 10.2. The lowest BCUT2D eigenvalue weighted by Gasteiger charge is -2.35. The Morgan fingerprint density at radius 1 is 1.09 bits per heavy atom. The van der Waals surface area contributed by atoms with E-state index in [9.17, 15) is 19.2 Å². The molecule has 1 aromatic carbocycles. The van der Waals surface area contributed by atoms with Crippen molar-refractivity contribution in [1.82, 2.24) is 19.4 Å². The number of anilines is 2. The zero-order valence-electron chi connectivity index (χ0n) is 19.6. The first kappa shape index (κ1) is 25.5. The summed E-state index contributed by atoms with van der Waals surface area (Å²) >= 11 is 5.90. The standard InChI is InChI=1S/C23H31ClN6O4/c1-3-5-10-30-20(25)19(21(32)26-23(30)34)29(4-2)18(31)15-27-11-13-28(14-12-27)22(33)16-6-8-17(24)9-7-16/h6-9H,3-5,10-15,25H2,1-2H3,(H,26,32,34). The topological polar surface area (TPSA) is 125 Å². The second kappa shape index (κ2) is 11.3. The van der Waals surface area contributed by atoms with E-state index in [0.717, 1.165) is 6.42 Å². The van der Waals surface area contributed by atoms with E-state index >= 15 is 0 Å². The maximum Gasteiger partial charge on any atom is 0.330 e. The van der Waals surface area contributed by atoms with Crippen LogP contribution in [-0.2, 0) is 11.3 Å². The molecule has 1 aromatic heterocycles. The molecule has 2 aromatic rings. The Kier molecular flexibility index (Phi) is 8.51. The Bertz CT molecular complexity index is 1140. The summed E-state index contributed by atoms with van der Waals surface area (Å²) in [5.41, 5.74) is 5.48. The number of benzene rings is 1. The first-order valence-corrected chi connectivity index (χ1v) is 11.8. The van der Waals surface area contributed by atoms with Crippen LogP contribution in [0.25, 0.3) is 0 Å². The van der Waals surface area contributed by atoms with Gasteiger partial charge in [-0.1, -0.05) is 24.9 Å². The fraction of sp³-hybridized carbons (Fsp3) is 0.478. The van der Waals surface area contributed by atoms with E-state index in [2.05, 4.69) is 4.98 Å². The van der Waals surface area contributed by atoms with E-state index in [0.29, 0.717) is 49.7 Å². The van der Waals surface area contributed by atoms with E-state index in [-0.39, 0.29) is 36.4 Å². The summed E-state index contributed by atoms with van der Waals surface area (Å²) in [7, 11) is 0. The van der Waals surface area contributed by atoms with Crippen molar-refractivity contribution in [2.24, 2.45) is 0 Å². The number of hydrogen-bond donors (Lipinski definition) is 2. The first-order chi connectivity index (χ1) is 16.3. The van der Waals surface area contributed by atoms with Crippen LogP contribution in [0.3, 0.4) is 0 Å². The Hall–Kier alpha value is -3.11. The van der Waals surface area contributed by atoms with Gasteiger partial charge in [0.05, 0.1) is 6.54 Å². The molecule has 0 atom stereocenters. The molecular weight excluding hydrogens is 460 g/mol. The number of aromatic amines is 1. The van der Waals surface area contributed by atoms with Crippen molar-refractivity contribution in [1.29, 1.82) is 0 Å². The zero-order valence-corrected chi connectivity index (χ0v) is 20.3. The molecule has 184 valence electrons. The molecule has 0 unspecified atom stereocenters. The molecule has 0 bridgehead atoms. The number of H-pyrrole nitrogens is 1. The van der Waals surface area contributed by atoms with Gasteiger partial charge in [-0.2, -0.15) is 0 Å². The minimum absolute atomic E-state index is 0.000227. The Labute approximate surface area is 202 Å². The number of nitrogens with one attached hydrogen (secondary N) is 1. The fourth-order valence-electron chi connectivity index (χ4n) is 4.00. The van der Waals surface area contributed by atoms with Gasteiger partial charge in [0.25, 0.3) is 11.5 Å². The summed E-state index contributed by atoms with van der Waals surface area (Å²) in [6.45, 7) is 6.39. The highest BCUT2D eigenvalue weighted by atomic mass is 35.5. The highest BCUT2D eigenvalue weighted by Crippen LogP contribution is 2.18. The molecule has 2 heterocycles. The van der Waals surface area contributed by atoms with E-state index < -0.39 is 11.2 Å². The van der Waals surface area contributed by atoms with E-state index in [1.807, 2.05) is 11.8 Å². The number of carbonyl (C=O) groups excluding carboxylic acids is 2. The van der Waals surface area contributed by atoms with Crippen LogP contribution in [-0.4, -0.2) is 70.4 Å². The third-order valence-corrected chi connectivity index (χ3v) is 6.20. The SMILES string of the molecule is CCCCn1c(N)c(N(CC)C(=O)CN2CCN(C(=O)c3ccc(Cl)cc3)CC2)c(=O)[nH]c1=O. The molecule has 1 saturated heterocycles. The zero-order chi connectivity index (χ0) is 24.8. The van der Waals surface area contributed by atoms with Crippen molar-refractivity contribution in [2.75, 3.05) is 49.9 Å². The number of hydrogen-bond acceptors (Lipinski definition) is 6. The molecule has 34 heavy (non-hydrogen) atoms. The van der Waals surface area contributed by atoms with Crippen molar-refractivity contribution in [3.8, 4) is 0 Å². The largest absolute Gasteiger partial charge is 0.383 e. The second-order valence-electron chi connectivity index (χ2n) is 8.21. The average molecular weight is 491 g/mol. The highest BCUT2D eigenvalue weighted by Gasteiger charge is 2.27. The van der Waals surface area contributed by atoms with Crippen molar-refractivity contribution in [3.63, 3.8) is 0 Å². The Morgan fingerprint density at radius 3 is 2.32 bits per heavy atom. The molecule has 0 aliphatic carbocycles. The van der Waals surface area contributed by atoms with Crippen LogP contribution < -0.4 is 21.9 Å². The second-order valence-corrected chi connectivity index (χ2v) is 8.65. The third-order valence-electron chi connectivity index (χ3n) is 5.95. The van der Waals surface area contributed by atoms with Gasteiger partial charge in [0, 0.05) is 49.9 Å². The van der Waals surface area contributed by atoms with Gasteiger partial charge in [0.15, 0.2) is 5.69 Å². The minimum Gasteiger partial charge on any atom is -0.383 e. The van der Waals surface area contributed by atoms with Crippen molar-refractivity contribution < 1.29 is 9.59 Å². The third kappa shape index (κ3) is 5.68. The Balaban J connectivity index is 1.67. The number of rotatable bonds is 8. The number of carbonyl (C=O) groups is 2. The van der Waals surface area contributed by atoms with Crippen molar-refractivity contribution in [3.05, 3.63) is 55.7 Å². The normalized spacial score (nSPS) is 14.3. The fourth-order valence-corrected chi connectivity index (χ4v) is 4.12. The van der Waals surface area contributed by atoms with Gasteiger partial charge in [-0.05, 0) is 37.6 Å². The van der Waals surface area contributed by atoms with Crippen LogP contribution in [0.4, 0.5) is 11.5 Å². The molecule has 10 nitrogen and oxygen atoms in total. The molecule has 0 radical (unpaired) electrons. The average Bonchev–Trinajstić information content (AvgIpc) is 2.82. The molecule has 3 rings (SSSR count). The van der Waals surface area contributed by atoms with Gasteiger partial charge in [0.2, 0.25) is 5.91 Å². The molecule has 2 amide bonds. The molecule has 11 heteroatoms. The molecule has 1 aliphatic heterocycles. The predicted molar refractivity (Wildman–Crippen MR) is 132 cm³/mol. The van der Waals surface area contributed by atoms with Gasteiger partial charge >= 0.3 is 5.69 Å². The molecular formula is C23H31ClN6O4. The van der Waals surface area contributed by atoms with Crippen LogP contribution in [0, 0.1) is 0 Å². The molecule has 1 fully saturated rings. The molecule has 1 aliphatic rings. The Morgan fingerprint density at radius 2 is 1.74 bits per heavy atom. The minimum atomic E-state index is -0.677. The van der Waals surface area contributed by atoms with Gasteiger partial charge in [-0.15, -0.1) is 0 Å². The number of aromatic nitrogens is 2. The maximum absolute atomic E-state index is 13.1. The number of nitrogen functional groups attached to an aromatic ring is 1. The number of amides is 2. The summed E-state index contributed by atoms with van der Waals surface area (Å²) in [6, 6.07) is 6.76. The molecule has 3 N–H and O–H groups in total. The lowest BCUT2D eigenvalue weighted by molar-refractivity contribution is -0.120. The van der Waals surface area contributed by atoms with Crippen LogP contribution in [0.15, 0.2) is 33.9 Å². The lowest BCUT2D eigenvalue weighted by Crippen LogP contribution is -2.52. The van der Waals surface area contributed by atoms with Gasteiger partial charge < -0.3 is 15.5 Å². The summed E-state index contributed by atoms with van der Waals surface area (Å²) in [4.78, 5) is 57.9. The van der Waals surface area contributed by atoms with Crippen LogP contribution in [0.5, 0.6) is 0 Å². The molecule has 0 spiro atoms. The van der Waals surface area contributed by atoms with Crippen LogP contribution in [0.1, 0.15) is 37.0 Å². The summed E-state index contributed by atoms with van der Waals surface area (Å²) in [5.74, 6) is -0.375. The number of nitrogens with two attached hydrogens (primary N) is 1.